The standard InChI is InChI=1S/C31H36ClN3O5S/c32-27-14-9-25(10-15-27)23-35(30(26-7-2-1-3-8-26)31(38)33-19-6-22-36)29(37)18-13-24-11-16-28(17-12-24)41(39,40)34-20-4-5-21-34/h1-3,7-12,14-17,30,36H,4-6,13,18-23H2,(H,33,38)/t30-/m0/s1. The normalized spacial score (nSPS) is 14.5. The van der Waals surface area contributed by atoms with Crippen LogP contribution >= 0.6 is 11.6 Å². The molecule has 1 aliphatic heterocycles. The summed E-state index contributed by atoms with van der Waals surface area (Å²) >= 11 is 6.08. The van der Waals surface area contributed by atoms with Gasteiger partial charge >= 0.3 is 0 Å². The van der Waals surface area contributed by atoms with Crippen LogP contribution in [0.5, 0.6) is 0 Å². The van der Waals surface area contributed by atoms with Crippen LogP contribution in [0.15, 0.2) is 83.8 Å². The Labute approximate surface area is 247 Å². The fraction of sp³-hybridized carbons (Fsp3) is 0.355. The first-order valence-electron chi connectivity index (χ1n) is 13.9. The summed E-state index contributed by atoms with van der Waals surface area (Å²) in [5.74, 6) is -0.552. The minimum absolute atomic E-state index is 0.0537. The van der Waals surface area contributed by atoms with Crippen molar-refractivity contribution in [1.82, 2.24) is 14.5 Å². The average Bonchev–Trinajstić information content (AvgIpc) is 3.54. The zero-order chi connectivity index (χ0) is 29.2. The van der Waals surface area contributed by atoms with Crippen molar-refractivity contribution in [3.63, 3.8) is 0 Å². The molecule has 8 nitrogen and oxygen atoms in total. The van der Waals surface area contributed by atoms with Crippen molar-refractivity contribution in [2.24, 2.45) is 0 Å². The minimum Gasteiger partial charge on any atom is -0.396 e. The Morgan fingerprint density at radius 2 is 1.56 bits per heavy atom. The van der Waals surface area contributed by atoms with Crippen molar-refractivity contribution < 1.29 is 23.1 Å². The van der Waals surface area contributed by atoms with Crippen molar-refractivity contribution in [2.45, 2.75) is 49.6 Å². The lowest BCUT2D eigenvalue weighted by Gasteiger charge is -2.32. The molecule has 2 amide bonds. The monoisotopic (exact) mass is 597 g/mol. The summed E-state index contributed by atoms with van der Waals surface area (Å²) in [5.41, 5.74) is 2.32. The maximum absolute atomic E-state index is 13.8. The van der Waals surface area contributed by atoms with E-state index < -0.39 is 16.1 Å². The molecule has 1 atom stereocenters. The number of carbonyl (C=O) groups is 2. The fourth-order valence-electron chi connectivity index (χ4n) is 4.91. The Balaban J connectivity index is 1.55. The average molecular weight is 598 g/mol. The third-order valence-electron chi connectivity index (χ3n) is 7.15. The van der Waals surface area contributed by atoms with E-state index >= 15 is 0 Å². The van der Waals surface area contributed by atoms with E-state index in [-0.39, 0.29) is 42.8 Å². The van der Waals surface area contributed by atoms with Gasteiger partial charge in [-0.25, -0.2) is 8.42 Å². The van der Waals surface area contributed by atoms with Crippen LogP contribution in [0.2, 0.25) is 5.02 Å². The number of nitrogens with zero attached hydrogens (tertiary/aromatic N) is 2. The molecule has 0 aliphatic carbocycles. The van der Waals surface area contributed by atoms with Crippen LogP contribution < -0.4 is 5.32 Å². The number of hydrogen-bond acceptors (Lipinski definition) is 5. The third-order valence-corrected chi connectivity index (χ3v) is 9.31. The van der Waals surface area contributed by atoms with Crippen LogP contribution in [-0.4, -0.2) is 60.8 Å². The zero-order valence-electron chi connectivity index (χ0n) is 22.9. The maximum Gasteiger partial charge on any atom is 0.247 e. The van der Waals surface area contributed by atoms with Gasteiger partial charge in [0.2, 0.25) is 21.8 Å². The molecule has 218 valence electrons. The van der Waals surface area contributed by atoms with Crippen LogP contribution in [0.3, 0.4) is 0 Å². The Bertz CT molecular complexity index is 1390. The van der Waals surface area contributed by atoms with E-state index in [2.05, 4.69) is 5.32 Å². The van der Waals surface area contributed by atoms with E-state index in [0.29, 0.717) is 36.5 Å². The quantitative estimate of drug-likeness (QED) is 0.285. The predicted octanol–water partition coefficient (Wildman–Crippen LogP) is 4.33. The number of nitrogens with one attached hydrogen (secondary N) is 1. The number of aryl methyl sites for hydroxylation is 1. The smallest absolute Gasteiger partial charge is 0.247 e. The summed E-state index contributed by atoms with van der Waals surface area (Å²) in [5, 5.41) is 12.6. The van der Waals surface area contributed by atoms with Crippen molar-refractivity contribution in [2.75, 3.05) is 26.2 Å². The zero-order valence-corrected chi connectivity index (χ0v) is 24.5. The molecule has 1 fully saturated rings. The molecule has 41 heavy (non-hydrogen) atoms. The number of rotatable bonds is 13. The Morgan fingerprint density at radius 3 is 2.20 bits per heavy atom. The molecule has 1 saturated heterocycles. The van der Waals surface area contributed by atoms with E-state index in [0.717, 1.165) is 24.0 Å². The molecule has 0 unspecified atom stereocenters. The molecule has 4 rings (SSSR count). The molecule has 0 spiro atoms. The number of aliphatic hydroxyl groups is 1. The first-order valence-corrected chi connectivity index (χ1v) is 15.7. The van der Waals surface area contributed by atoms with Gasteiger partial charge in [-0.05, 0) is 66.6 Å². The molecule has 10 heteroatoms. The minimum atomic E-state index is -3.51. The molecule has 1 aliphatic rings. The van der Waals surface area contributed by atoms with E-state index in [1.54, 1.807) is 41.3 Å². The van der Waals surface area contributed by atoms with Gasteiger partial charge in [-0.3, -0.25) is 9.59 Å². The highest BCUT2D eigenvalue weighted by Gasteiger charge is 2.31. The molecule has 3 aromatic rings. The van der Waals surface area contributed by atoms with Gasteiger partial charge in [0.15, 0.2) is 0 Å². The molecular weight excluding hydrogens is 562 g/mol. The number of benzene rings is 3. The lowest BCUT2D eigenvalue weighted by molar-refractivity contribution is -0.141. The molecule has 0 bridgehead atoms. The Kier molecular flexibility index (Phi) is 10.9. The number of carbonyl (C=O) groups excluding carboxylic acids is 2. The van der Waals surface area contributed by atoms with Gasteiger partial charge in [0.25, 0.3) is 0 Å². The predicted molar refractivity (Wildman–Crippen MR) is 159 cm³/mol. The van der Waals surface area contributed by atoms with Gasteiger partial charge in [0.05, 0.1) is 4.90 Å². The number of halogens is 1. The van der Waals surface area contributed by atoms with Crippen molar-refractivity contribution >= 4 is 33.4 Å². The topological polar surface area (TPSA) is 107 Å². The summed E-state index contributed by atoms with van der Waals surface area (Å²) < 4.78 is 27.2. The lowest BCUT2D eigenvalue weighted by atomic mass is 10.0. The summed E-state index contributed by atoms with van der Waals surface area (Å²) in [4.78, 5) is 29.1. The number of hydrogen-bond donors (Lipinski definition) is 2. The summed E-state index contributed by atoms with van der Waals surface area (Å²) in [6.45, 7) is 1.50. The first-order chi connectivity index (χ1) is 19.8. The third kappa shape index (κ3) is 8.16. The molecule has 1 heterocycles. The SMILES string of the molecule is O=C(NCCCO)[C@H](c1ccccc1)N(Cc1ccc(Cl)cc1)C(=O)CCc1ccc(S(=O)(=O)N2CCCC2)cc1. The second kappa shape index (κ2) is 14.6. The van der Waals surface area contributed by atoms with Crippen molar-refractivity contribution in [3.05, 3.63) is 101 Å². The van der Waals surface area contributed by atoms with Gasteiger partial charge in [-0.2, -0.15) is 4.31 Å². The van der Waals surface area contributed by atoms with Crippen LogP contribution in [0.1, 0.15) is 48.4 Å². The highest BCUT2D eigenvalue weighted by molar-refractivity contribution is 7.89. The fourth-order valence-corrected chi connectivity index (χ4v) is 6.55. The molecule has 3 aromatic carbocycles. The second-order valence-electron chi connectivity index (χ2n) is 10.1. The van der Waals surface area contributed by atoms with E-state index in [1.807, 2.05) is 42.5 Å². The second-order valence-corrected chi connectivity index (χ2v) is 12.5. The number of amides is 2. The summed E-state index contributed by atoms with van der Waals surface area (Å²) in [7, 11) is -3.51. The number of aliphatic hydroxyl groups excluding tert-OH is 1. The van der Waals surface area contributed by atoms with E-state index in [9.17, 15) is 23.1 Å². The highest BCUT2D eigenvalue weighted by atomic mass is 35.5. The van der Waals surface area contributed by atoms with E-state index in [4.69, 9.17) is 11.6 Å². The van der Waals surface area contributed by atoms with Gasteiger partial charge in [-0.1, -0.05) is 66.2 Å². The first kappa shape index (κ1) is 30.7. The number of sulfonamides is 1. The van der Waals surface area contributed by atoms with Gasteiger partial charge in [-0.15, -0.1) is 0 Å². The molecule has 0 aromatic heterocycles. The van der Waals surface area contributed by atoms with Crippen LogP contribution in [0.4, 0.5) is 0 Å². The molecule has 0 radical (unpaired) electrons. The van der Waals surface area contributed by atoms with Crippen LogP contribution in [-0.2, 0) is 32.6 Å². The molecule has 0 saturated carbocycles. The molecular formula is C31H36ClN3O5S. The van der Waals surface area contributed by atoms with Gasteiger partial charge in [0, 0.05) is 44.2 Å². The van der Waals surface area contributed by atoms with Crippen LogP contribution in [0, 0.1) is 0 Å². The van der Waals surface area contributed by atoms with Crippen molar-refractivity contribution in [3.8, 4) is 0 Å². The van der Waals surface area contributed by atoms with Crippen LogP contribution in [0.25, 0.3) is 0 Å². The lowest BCUT2D eigenvalue weighted by Crippen LogP contribution is -2.43. The van der Waals surface area contributed by atoms with Gasteiger partial charge in [0.1, 0.15) is 6.04 Å². The van der Waals surface area contributed by atoms with Crippen molar-refractivity contribution in [1.29, 1.82) is 0 Å². The Morgan fingerprint density at radius 1 is 0.927 bits per heavy atom. The Hall–Kier alpha value is -3.24. The summed E-state index contributed by atoms with van der Waals surface area (Å²) in [6, 6.07) is 22.1. The molecule has 2 N–H and O–H groups in total. The summed E-state index contributed by atoms with van der Waals surface area (Å²) in [6.07, 6.45) is 2.65. The maximum atomic E-state index is 13.8. The van der Waals surface area contributed by atoms with E-state index in [1.165, 1.54) is 4.31 Å². The van der Waals surface area contributed by atoms with Gasteiger partial charge < -0.3 is 15.3 Å². The largest absolute Gasteiger partial charge is 0.396 e. The highest BCUT2D eigenvalue weighted by Crippen LogP contribution is 2.26.